The van der Waals surface area contributed by atoms with E-state index in [0.29, 0.717) is 0 Å². The van der Waals surface area contributed by atoms with E-state index in [9.17, 15) is 43.2 Å². The van der Waals surface area contributed by atoms with E-state index in [4.69, 9.17) is 9.47 Å². The summed E-state index contributed by atoms with van der Waals surface area (Å²) in [6.45, 7) is 15.6. The molecule has 11 heteroatoms. The second-order valence-corrected chi connectivity index (χ2v) is 13.5. The Balaban J connectivity index is 7.59. The molecule has 0 fully saturated rings. The molecule has 266 valence electrons. The van der Waals surface area contributed by atoms with Crippen molar-refractivity contribution in [3.63, 3.8) is 0 Å². The first kappa shape index (κ1) is 43.6. The smallest absolute Gasteiger partial charge is 0.309 e. The molecular weight excluding hydrogens is 608 g/mol. The predicted octanol–water partition coefficient (Wildman–Crippen LogP) is 4.48. The molecule has 0 saturated heterocycles. The van der Waals surface area contributed by atoms with E-state index in [-0.39, 0.29) is 36.6 Å². The van der Waals surface area contributed by atoms with Crippen LogP contribution < -0.4 is 0 Å². The van der Waals surface area contributed by atoms with Crippen LogP contribution in [0.15, 0.2) is 0 Å². The SMILES string of the molecule is COC(=O)C(C)C(CC(C)C(C)=O)C(C(C)=O)C(C(C)=O)C(CC(C(C)=O)C(C(C)=O)C(CC(C)C(C)=O)C(C)C(C)=O)C(=O)OC. The first-order chi connectivity index (χ1) is 21.6. The zero-order valence-corrected chi connectivity index (χ0v) is 30.5. The van der Waals surface area contributed by atoms with Crippen molar-refractivity contribution in [2.45, 2.75) is 95.4 Å². The molecule has 0 N–H and O–H groups in total. The van der Waals surface area contributed by atoms with Gasteiger partial charge >= 0.3 is 11.9 Å². The Hall–Kier alpha value is -3.37. The van der Waals surface area contributed by atoms with Crippen LogP contribution >= 0.6 is 0 Å². The van der Waals surface area contributed by atoms with Crippen molar-refractivity contribution < 1.29 is 52.6 Å². The zero-order valence-electron chi connectivity index (χ0n) is 30.5. The predicted molar refractivity (Wildman–Crippen MR) is 174 cm³/mol. The molecule has 0 saturated carbocycles. The van der Waals surface area contributed by atoms with Gasteiger partial charge in [0.1, 0.15) is 40.5 Å². The fraction of sp³-hybridized carbons (Fsp3) is 0.750. The van der Waals surface area contributed by atoms with E-state index in [1.54, 1.807) is 20.8 Å². The third-order valence-electron chi connectivity index (χ3n) is 10.3. The van der Waals surface area contributed by atoms with E-state index >= 15 is 0 Å². The molecule has 0 aliphatic rings. The summed E-state index contributed by atoms with van der Waals surface area (Å²) in [6.07, 6.45) is -0.223. The maximum atomic E-state index is 13.6. The molecule has 0 spiro atoms. The van der Waals surface area contributed by atoms with Crippen LogP contribution in [0.25, 0.3) is 0 Å². The Bertz CT molecular complexity index is 1200. The molecule has 0 amide bonds. The highest BCUT2D eigenvalue weighted by atomic mass is 16.5. The fourth-order valence-electron chi connectivity index (χ4n) is 7.00. The molecule has 11 atom stereocenters. The van der Waals surface area contributed by atoms with E-state index in [1.807, 2.05) is 0 Å². The first-order valence-corrected chi connectivity index (χ1v) is 16.3. The Morgan fingerprint density at radius 1 is 0.404 bits per heavy atom. The van der Waals surface area contributed by atoms with Gasteiger partial charge in [0.25, 0.3) is 0 Å². The topological polar surface area (TPSA) is 172 Å². The second kappa shape index (κ2) is 19.5. The van der Waals surface area contributed by atoms with Crippen molar-refractivity contribution in [2.24, 2.45) is 65.1 Å². The van der Waals surface area contributed by atoms with Gasteiger partial charge in [0, 0.05) is 41.4 Å². The Morgan fingerprint density at radius 3 is 1.09 bits per heavy atom. The van der Waals surface area contributed by atoms with Crippen molar-refractivity contribution in [1.82, 2.24) is 0 Å². The Labute approximate surface area is 279 Å². The first-order valence-electron chi connectivity index (χ1n) is 16.3. The Morgan fingerprint density at radius 2 is 0.787 bits per heavy atom. The number of ether oxygens (including phenoxy) is 2. The number of ketones is 7. The van der Waals surface area contributed by atoms with Gasteiger partial charge < -0.3 is 9.47 Å². The lowest BCUT2D eigenvalue weighted by Crippen LogP contribution is -2.47. The molecule has 0 aromatic carbocycles. The molecule has 11 nitrogen and oxygen atoms in total. The largest absolute Gasteiger partial charge is 0.469 e. The lowest BCUT2D eigenvalue weighted by Gasteiger charge is -2.40. The second-order valence-electron chi connectivity index (χ2n) is 13.5. The molecule has 0 heterocycles. The van der Waals surface area contributed by atoms with Crippen LogP contribution in [0.5, 0.6) is 0 Å². The Kier molecular flexibility index (Phi) is 18.1. The summed E-state index contributed by atoms with van der Waals surface area (Å²) >= 11 is 0. The number of carbonyl (C=O) groups excluding carboxylic acids is 9. The molecule has 0 rings (SSSR count). The summed E-state index contributed by atoms with van der Waals surface area (Å²) in [5, 5.41) is 0. The lowest BCUT2D eigenvalue weighted by atomic mass is 9.61. The van der Waals surface area contributed by atoms with E-state index in [1.165, 1.54) is 62.5 Å². The summed E-state index contributed by atoms with van der Waals surface area (Å²) in [7, 11) is 2.28. The monoisotopic (exact) mass is 664 g/mol. The van der Waals surface area contributed by atoms with Crippen molar-refractivity contribution in [1.29, 1.82) is 0 Å². The number of methoxy groups -OCH3 is 2. The molecular formula is C36H56O11. The van der Waals surface area contributed by atoms with E-state index < -0.39 is 100 Å². The van der Waals surface area contributed by atoms with Gasteiger partial charge in [0.15, 0.2) is 0 Å². The number of hydrogen-bond donors (Lipinski definition) is 0. The zero-order chi connectivity index (χ0) is 37.1. The maximum Gasteiger partial charge on any atom is 0.309 e. The standard InChI is InChI=1S/C36H56O11/c1-17(21(5)37)14-28(19(3)23(7)39)32(25(9)41)30(24(8)40)16-31(36(45)47-13)34(27(11)43)33(26(10)42)29(15-18(2)22(6)38)20(4)35(44)46-12/h17-20,28-34H,14-16H2,1-13H3. The molecule has 11 unspecified atom stereocenters. The van der Waals surface area contributed by atoms with E-state index in [2.05, 4.69) is 0 Å². The van der Waals surface area contributed by atoms with Crippen LogP contribution in [0, 0.1) is 65.1 Å². The summed E-state index contributed by atoms with van der Waals surface area (Å²) in [5.74, 6) is -15.1. The van der Waals surface area contributed by atoms with Crippen LogP contribution in [0.1, 0.15) is 95.4 Å². The number of Topliss-reactive ketones (excluding diaryl/α,β-unsaturated/α-hetero) is 7. The van der Waals surface area contributed by atoms with Crippen LogP contribution in [0.4, 0.5) is 0 Å². The molecule has 0 radical (unpaired) electrons. The number of rotatable bonds is 22. The van der Waals surface area contributed by atoms with Crippen LogP contribution in [0.3, 0.4) is 0 Å². The molecule has 0 aromatic heterocycles. The number of hydrogen-bond acceptors (Lipinski definition) is 11. The van der Waals surface area contributed by atoms with Crippen LogP contribution in [0.2, 0.25) is 0 Å². The average molecular weight is 665 g/mol. The van der Waals surface area contributed by atoms with Gasteiger partial charge in [-0.3, -0.25) is 43.2 Å². The molecule has 0 aromatic rings. The van der Waals surface area contributed by atoms with E-state index in [0.717, 1.165) is 7.11 Å². The van der Waals surface area contributed by atoms with Crippen LogP contribution in [-0.4, -0.2) is 66.6 Å². The number of esters is 2. The summed E-state index contributed by atoms with van der Waals surface area (Å²) in [5.41, 5.74) is 0. The van der Waals surface area contributed by atoms with Gasteiger partial charge in [0.05, 0.1) is 26.1 Å². The van der Waals surface area contributed by atoms with Gasteiger partial charge in [-0.2, -0.15) is 0 Å². The van der Waals surface area contributed by atoms with Crippen LogP contribution in [-0.2, 0) is 52.6 Å². The summed E-state index contributed by atoms with van der Waals surface area (Å²) < 4.78 is 10.1. The van der Waals surface area contributed by atoms with Crippen molar-refractivity contribution in [3.8, 4) is 0 Å². The van der Waals surface area contributed by atoms with Crippen molar-refractivity contribution >= 4 is 52.4 Å². The van der Waals surface area contributed by atoms with Gasteiger partial charge in [-0.15, -0.1) is 0 Å². The van der Waals surface area contributed by atoms with Gasteiger partial charge in [-0.05, 0) is 79.6 Å². The molecule has 0 aliphatic carbocycles. The van der Waals surface area contributed by atoms with Crippen molar-refractivity contribution in [3.05, 3.63) is 0 Å². The average Bonchev–Trinajstić information content (AvgIpc) is 2.97. The molecule has 47 heavy (non-hydrogen) atoms. The third-order valence-corrected chi connectivity index (χ3v) is 10.3. The minimum atomic E-state index is -1.42. The minimum absolute atomic E-state index is 0.0286. The summed E-state index contributed by atoms with van der Waals surface area (Å²) in [4.78, 5) is 118. The van der Waals surface area contributed by atoms with Crippen molar-refractivity contribution in [2.75, 3.05) is 14.2 Å². The normalized spacial score (nSPS) is 18.4. The van der Waals surface area contributed by atoms with Gasteiger partial charge in [-0.1, -0.05) is 27.7 Å². The highest BCUT2D eigenvalue weighted by Gasteiger charge is 2.50. The quantitative estimate of drug-likeness (QED) is 0.149. The molecule has 0 bridgehead atoms. The minimum Gasteiger partial charge on any atom is -0.469 e. The van der Waals surface area contributed by atoms with Gasteiger partial charge in [0.2, 0.25) is 0 Å². The lowest BCUT2D eigenvalue weighted by molar-refractivity contribution is -0.157. The fourth-order valence-corrected chi connectivity index (χ4v) is 7.00. The highest BCUT2D eigenvalue weighted by molar-refractivity contribution is 5.93. The van der Waals surface area contributed by atoms with Gasteiger partial charge in [-0.25, -0.2) is 0 Å². The maximum absolute atomic E-state index is 13.6. The molecule has 0 aliphatic heterocycles. The third kappa shape index (κ3) is 12.0. The number of carbonyl (C=O) groups is 9. The summed E-state index contributed by atoms with van der Waals surface area (Å²) in [6, 6.07) is 0. The highest BCUT2D eigenvalue weighted by Crippen LogP contribution is 2.43.